The maximum atomic E-state index is 9.42. The summed E-state index contributed by atoms with van der Waals surface area (Å²) in [6.07, 6.45) is 3.91. The molecule has 0 aliphatic rings. The molecule has 1 heterocycles. The molecule has 0 fully saturated rings. The van der Waals surface area contributed by atoms with Gasteiger partial charge in [0.1, 0.15) is 11.5 Å². The highest BCUT2D eigenvalue weighted by Gasteiger charge is 2.09. The van der Waals surface area contributed by atoms with Crippen LogP contribution in [0.3, 0.4) is 0 Å². The van der Waals surface area contributed by atoms with Crippen molar-refractivity contribution >= 4 is 34.7 Å². The van der Waals surface area contributed by atoms with Gasteiger partial charge in [0.25, 0.3) is 0 Å². The molecule has 2 aromatic carbocycles. The largest absolute Gasteiger partial charge is 0.497 e. The standard InChI is InChI=1S/C20H20ClNO3/c1-24-16-7-9-19-14(13-16)12-15(22(19)10-11-23)6-8-17-18(21)4-3-5-20(17)25-2/h3-9,12-13,23H,10-11H2,1-2H3/b8-6+. The van der Waals surface area contributed by atoms with Crippen molar-refractivity contribution in [2.75, 3.05) is 20.8 Å². The van der Waals surface area contributed by atoms with Crippen LogP contribution in [0.2, 0.25) is 5.02 Å². The number of methoxy groups -OCH3 is 2. The minimum Gasteiger partial charge on any atom is -0.497 e. The summed E-state index contributed by atoms with van der Waals surface area (Å²) in [5.74, 6) is 1.52. The normalized spacial score (nSPS) is 11.4. The Morgan fingerprint density at radius 2 is 1.92 bits per heavy atom. The number of aliphatic hydroxyl groups is 1. The van der Waals surface area contributed by atoms with Crippen molar-refractivity contribution < 1.29 is 14.6 Å². The van der Waals surface area contributed by atoms with E-state index in [1.54, 1.807) is 14.2 Å². The van der Waals surface area contributed by atoms with Gasteiger partial charge in [-0.1, -0.05) is 17.7 Å². The van der Waals surface area contributed by atoms with Crippen LogP contribution in [0.4, 0.5) is 0 Å². The fraction of sp³-hybridized carbons (Fsp3) is 0.200. The van der Waals surface area contributed by atoms with Crippen molar-refractivity contribution in [2.45, 2.75) is 6.54 Å². The maximum absolute atomic E-state index is 9.42. The number of hydrogen-bond donors (Lipinski definition) is 1. The summed E-state index contributed by atoms with van der Waals surface area (Å²) in [7, 11) is 3.27. The number of hydrogen-bond acceptors (Lipinski definition) is 3. The van der Waals surface area contributed by atoms with E-state index in [1.807, 2.05) is 48.6 Å². The molecule has 0 aliphatic heterocycles. The van der Waals surface area contributed by atoms with Crippen LogP contribution in [0, 0.1) is 0 Å². The molecule has 3 rings (SSSR count). The zero-order chi connectivity index (χ0) is 17.8. The van der Waals surface area contributed by atoms with Crippen LogP contribution in [0.25, 0.3) is 23.1 Å². The number of fused-ring (bicyclic) bond motifs is 1. The Balaban J connectivity index is 2.07. The third-order valence-electron chi connectivity index (χ3n) is 4.12. The van der Waals surface area contributed by atoms with Crippen molar-refractivity contribution in [1.29, 1.82) is 0 Å². The van der Waals surface area contributed by atoms with E-state index in [0.29, 0.717) is 11.6 Å². The van der Waals surface area contributed by atoms with Gasteiger partial charge in [0.2, 0.25) is 0 Å². The van der Waals surface area contributed by atoms with Gasteiger partial charge >= 0.3 is 0 Å². The van der Waals surface area contributed by atoms with E-state index >= 15 is 0 Å². The first-order valence-electron chi connectivity index (χ1n) is 7.96. The molecular weight excluding hydrogens is 338 g/mol. The minimum absolute atomic E-state index is 0.0616. The number of aliphatic hydroxyl groups excluding tert-OH is 1. The maximum Gasteiger partial charge on any atom is 0.127 e. The summed E-state index contributed by atoms with van der Waals surface area (Å²) in [5.41, 5.74) is 2.84. The molecule has 130 valence electrons. The Morgan fingerprint density at radius 3 is 2.64 bits per heavy atom. The SMILES string of the molecule is COc1ccc2c(c1)cc(/C=C/c1c(Cl)cccc1OC)n2CCO. The van der Waals surface area contributed by atoms with Gasteiger partial charge in [0.05, 0.1) is 25.8 Å². The summed E-state index contributed by atoms with van der Waals surface area (Å²) < 4.78 is 12.7. The van der Waals surface area contributed by atoms with E-state index in [1.165, 1.54) is 0 Å². The highest BCUT2D eigenvalue weighted by molar-refractivity contribution is 6.32. The molecule has 0 unspecified atom stereocenters. The Labute approximate surface area is 151 Å². The lowest BCUT2D eigenvalue weighted by Crippen LogP contribution is -2.03. The highest BCUT2D eigenvalue weighted by Crippen LogP contribution is 2.30. The van der Waals surface area contributed by atoms with Gasteiger partial charge in [-0.15, -0.1) is 0 Å². The second-order valence-electron chi connectivity index (χ2n) is 5.56. The molecule has 0 spiro atoms. The number of nitrogens with zero attached hydrogens (tertiary/aromatic N) is 1. The molecule has 1 aromatic heterocycles. The molecule has 0 aliphatic carbocycles. The molecular formula is C20H20ClNO3. The first kappa shape index (κ1) is 17.4. The van der Waals surface area contributed by atoms with E-state index in [4.69, 9.17) is 21.1 Å². The highest BCUT2D eigenvalue weighted by atomic mass is 35.5. The van der Waals surface area contributed by atoms with Gasteiger partial charge < -0.3 is 19.1 Å². The topological polar surface area (TPSA) is 43.6 Å². The molecule has 5 heteroatoms. The number of aromatic nitrogens is 1. The Morgan fingerprint density at radius 1 is 1.08 bits per heavy atom. The molecule has 0 bridgehead atoms. The minimum atomic E-state index is 0.0616. The quantitative estimate of drug-likeness (QED) is 0.707. The van der Waals surface area contributed by atoms with Crippen molar-refractivity contribution in [3.8, 4) is 11.5 Å². The number of halogens is 1. The van der Waals surface area contributed by atoms with Gasteiger partial charge in [-0.05, 0) is 48.6 Å². The van der Waals surface area contributed by atoms with Crippen LogP contribution in [-0.2, 0) is 6.54 Å². The summed E-state index contributed by atoms with van der Waals surface area (Å²) in [4.78, 5) is 0. The summed E-state index contributed by atoms with van der Waals surface area (Å²) >= 11 is 6.30. The lowest BCUT2D eigenvalue weighted by Gasteiger charge is -2.08. The summed E-state index contributed by atoms with van der Waals surface area (Å²) in [6.45, 7) is 0.571. The second-order valence-corrected chi connectivity index (χ2v) is 5.97. The lowest BCUT2D eigenvalue weighted by atomic mass is 10.1. The van der Waals surface area contributed by atoms with Crippen LogP contribution in [0.15, 0.2) is 42.5 Å². The molecule has 1 N–H and O–H groups in total. The zero-order valence-electron chi connectivity index (χ0n) is 14.2. The van der Waals surface area contributed by atoms with Crippen molar-refractivity contribution in [1.82, 2.24) is 4.57 Å². The first-order chi connectivity index (χ1) is 12.2. The van der Waals surface area contributed by atoms with E-state index in [0.717, 1.165) is 33.7 Å². The van der Waals surface area contributed by atoms with Crippen LogP contribution in [0.1, 0.15) is 11.3 Å². The van der Waals surface area contributed by atoms with Crippen LogP contribution in [0.5, 0.6) is 11.5 Å². The summed E-state index contributed by atoms with van der Waals surface area (Å²) in [5, 5.41) is 11.1. The van der Waals surface area contributed by atoms with Gasteiger partial charge in [-0.2, -0.15) is 0 Å². The van der Waals surface area contributed by atoms with Crippen molar-refractivity contribution in [2.24, 2.45) is 0 Å². The molecule has 3 aromatic rings. The lowest BCUT2D eigenvalue weighted by molar-refractivity contribution is 0.278. The Bertz CT molecular complexity index is 915. The third-order valence-corrected chi connectivity index (χ3v) is 4.45. The van der Waals surface area contributed by atoms with Crippen molar-refractivity contribution in [3.63, 3.8) is 0 Å². The molecule has 0 amide bonds. The smallest absolute Gasteiger partial charge is 0.127 e. The fourth-order valence-corrected chi connectivity index (χ4v) is 3.14. The number of ether oxygens (including phenoxy) is 2. The van der Waals surface area contributed by atoms with E-state index in [2.05, 4.69) is 10.6 Å². The van der Waals surface area contributed by atoms with Gasteiger partial charge in [0, 0.05) is 28.7 Å². The molecule has 25 heavy (non-hydrogen) atoms. The summed E-state index contributed by atoms with van der Waals surface area (Å²) in [6, 6.07) is 13.5. The van der Waals surface area contributed by atoms with Gasteiger partial charge in [-0.25, -0.2) is 0 Å². The van der Waals surface area contributed by atoms with Crippen molar-refractivity contribution in [3.05, 3.63) is 58.7 Å². The van der Waals surface area contributed by atoms with Gasteiger partial charge in [0.15, 0.2) is 0 Å². The number of benzene rings is 2. The molecule has 0 atom stereocenters. The molecule has 0 saturated carbocycles. The van der Waals surface area contributed by atoms with Crippen LogP contribution in [-0.4, -0.2) is 30.5 Å². The Hall–Kier alpha value is -2.43. The third kappa shape index (κ3) is 3.50. The van der Waals surface area contributed by atoms with E-state index < -0.39 is 0 Å². The second kappa shape index (κ2) is 7.64. The molecule has 0 saturated heterocycles. The Kier molecular flexibility index (Phi) is 5.31. The predicted octanol–water partition coefficient (Wildman–Crippen LogP) is 4.47. The fourth-order valence-electron chi connectivity index (χ4n) is 2.91. The number of rotatable bonds is 6. The van der Waals surface area contributed by atoms with E-state index in [-0.39, 0.29) is 6.61 Å². The monoisotopic (exact) mass is 357 g/mol. The average molecular weight is 358 g/mol. The molecule has 0 radical (unpaired) electrons. The molecule has 4 nitrogen and oxygen atoms in total. The van der Waals surface area contributed by atoms with E-state index in [9.17, 15) is 5.11 Å². The first-order valence-corrected chi connectivity index (χ1v) is 8.34. The van der Waals surface area contributed by atoms with Gasteiger partial charge in [-0.3, -0.25) is 0 Å². The predicted molar refractivity (Wildman–Crippen MR) is 103 cm³/mol. The van der Waals surface area contributed by atoms with Crippen LogP contribution >= 0.6 is 11.6 Å². The van der Waals surface area contributed by atoms with Crippen LogP contribution < -0.4 is 9.47 Å². The average Bonchev–Trinajstić information content (AvgIpc) is 2.97. The zero-order valence-corrected chi connectivity index (χ0v) is 15.0.